The van der Waals surface area contributed by atoms with Gasteiger partial charge in [-0.05, 0) is 18.2 Å². The lowest BCUT2D eigenvalue weighted by Gasteiger charge is -2.08. The summed E-state index contributed by atoms with van der Waals surface area (Å²) in [5.74, 6) is 2.85. The van der Waals surface area contributed by atoms with Crippen LogP contribution in [0.5, 0.6) is 11.5 Å². The summed E-state index contributed by atoms with van der Waals surface area (Å²) in [6.07, 6.45) is 2.53. The minimum absolute atomic E-state index is 0.554. The largest absolute Gasteiger partial charge is 0.493 e. The molecule has 0 fully saturated rings. The lowest BCUT2D eigenvalue weighted by molar-refractivity contribution is 0.355. The first kappa shape index (κ1) is 12.8. The highest BCUT2D eigenvalue weighted by Gasteiger charge is 2.08. The fourth-order valence-corrected chi connectivity index (χ4v) is 1.91. The summed E-state index contributed by atoms with van der Waals surface area (Å²) in [5, 5.41) is 0. The van der Waals surface area contributed by atoms with E-state index in [2.05, 4.69) is 9.97 Å². The van der Waals surface area contributed by atoms with Gasteiger partial charge in [-0.1, -0.05) is 0 Å². The van der Waals surface area contributed by atoms with Crippen molar-refractivity contribution in [3.8, 4) is 22.8 Å². The molecule has 1 aromatic heterocycles. The SMILES string of the molecule is COc1ccc(-c2cnc(CCCl)[nH]2)cc1OC. The number of aromatic amines is 1. The van der Waals surface area contributed by atoms with Crippen LogP contribution in [-0.4, -0.2) is 30.1 Å². The summed E-state index contributed by atoms with van der Waals surface area (Å²) >= 11 is 5.68. The molecule has 2 rings (SSSR count). The Labute approximate surface area is 111 Å². The molecule has 1 N–H and O–H groups in total. The predicted octanol–water partition coefficient (Wildman–Crippen LogP) is 2.88. The third-order valence-corrected chi connectivity index (χ3v) is 2.84. The Morgan fingerprint density at radius 1 is 1.22 bits per heavy atom. The lowest BCUT2D eigenvalue weighted by atomic mass is 10.1. The Balaban J connectivity index is 2.31. The number of hydrogen-bond acceptors (Lipinski definition) is 3. The number of halogens is 1. The van der Waals surface area contributed by atoms with Crippen LogP contribution in [-0.2, 0) is 6.42 Å². The minimum Gasteiger partial charge on any atom is -0.493 e. The maximum atomic E-state index is 5.68. The predicted molar refractivity (Wildman–Crippen MR) is 71.6 cm³/mol. The van der Waals surface area contributed by atoms with E-state index in [-0.39, 0.29) is 0 Å². The number of aryl methyl sites for hydroxylation is 1. The quantitative estimate of drug-likeness (QED) is 0.847. The van der Waals surface area contributed by atoms with Gasteiger partial charge in [-0.15, -0.1) is 11.6 Å². The van der Waals surface area contributed by atoms with Gasteiger partial charge in [0.15, 0.2) is 11.5 Å². The Morgan fingerprint density at radius 3 is 2.67 bits per heavy atom. The van der Waals surface area contributed by atoms with Gasteiger partial charge in [-0.25, -0.2) is 4.98 Å². The van der Waals surface area contributed by atoms with Crippen molar-refractivity contribution in [3.05, 3.63) is 30.2 Å². The summed E-state index contributed by atoms with van der Waals surface area (Å²) in [5.41, 5.74) is 1.94. The van der Waals surface area contributed by atoms with Crippen LogP contribution in [0.3, 0.4) is 0 Å². The molecular weight excluding hydrogens is 252 g/mol. The van der Waals surface area contributed by atoms with Crippen molar-refractivity contribution in [2.75, 3.05) is 20.1 Å². The van der Waals surface area contributed by atoms with Crippen LogP contribution in [0.4, 0.5) is 0 Å². The van der Waals surface area contributed by atoms with Crippen molar-refractivity contribution in [2.24, 2.45) is 0 Å². The number of nitrogens with zero attached hydrogens (tertiary/aromatic N) is 1. The highest BCUT2D eigenvalue weighted by molar-refractivity contribution is 6.17. The maximum absolute atomic E-state index is 5.68. The number of H-pyrrole nitrogens is 1. The topological polar surface area (TPSA) is 47.1 Å². The Hall–Kier alpha value is -1.68. The number of aromatic nitrogens is 2. The maximum Gasteiger partial charge on any atom is 0.161 e. The van der Waals surface area contributed by atoms with Crippen molar-refractivity contribution >= 4 is 11.6 Å². The van der Waals surface area contributed by atoms with E-state index in [0.29, 0.717) is 17.4 Å². The number of rotatable bonds is 5. The fraction of sp³-hybridized carbons (Fsp3) is 0.308. The van der Waals surface area contributed by atoms with Gasteiger partial charge in [0.05, 0.1) is 26.1 Å². The van der Waals surface area contributed by atoms with Crippen molar-refractivity contribution < 1.29 is 9.47 Å². The number of alkyl halides is 1. The highest BCUT2D eigenvalue weighted by Crippen LogP contribution is 2.31. The van der Waals surface area contributed by atoms with Crippen LogP contribution in [0.1, 0.15) is 5.82 Å². The number of hydrogen-bond donors (Lipinski definition) is 1. The normalized spacial score (nSPS) is 10.4. The molecule has 0 unspecified atom stereocenters. The molecular formula is C13H15ClN2O2. The van der Waals surface area contributed by atoms with Crippen LogP contribution in [0.25, 0.3) is 11.3 Å². The molecule has 5 heteroatoms. The zero-order valence-electron chi connectivity index (χ0n) is 10.4. The molecule has 2 aromatic rings. The van der Waals surface area contributed by atoms with E-state index < -0.39 is 0 Å². The zero-order chi connectivity index (χ0) is 13.0. The van der Waals surface area contributed by atoms with E-state index in [1.165, 1.54) is 0 Å². The van der Waals surface area contributed by atoms with E-state index in [1.807, 2.05) is 18.2 Å². The van der Waals surface area contributed by atoms with Crippen molar-refractivity contribution in [1.82, 2.24) is 9.97 Å². The molecule has 0 amide bonds. The summed E-state index contributed by atoms with van der Waals surface area (Å²) < 4.78 is 10.5. The molecule has 4 nitrogen and oxygen atoms in total. The fourth-order valence-electron chi connectivity index (χ4n) is 1.73. The Morgan fingerprint density at radius 2 is 2.00 bits per heavy atom. The third-order valence-electron chi connectivity index (χ3n) is 2.65. The average Bonchev–Trinajstić information content (AvgIpc) is 2.87. The molecule has 0 aliphatic heterocycles. The smallest absolute Gasteiger partial charge is 0.161 e. The number of imidazole rings is 1. The van der Waals surface area contributed by atoms with Gasteiger partial charge in [0.1, 0.15) is 5.82 Å². The van der Waals surface area contributed by atoms with Gasteiger partial charge < -0.3 is 14.5 Å². The van der Waals surface area contributed by atoms with Gasteiger partial charge in [-0.3, -0.25) is 0 Å². The first-order valence-electron chi connectivity index (χ1n) is 5.60. The van der Waals surface area contributed by atoms with Crippen LogP contribution >= 0.6 is 11.6 Å². The molecule has 0 spiro atoms. The Bertz CT molecular complexity index is 525. The molecule has 1 aromatic carbocycles. The first-order valence-corrected chi connectivity index (χ1v) is 6.14. The van der Waals surface area contributed by atoms with E-state index >= 15 is 0 Å². The summed E-state index contributed by atoms with van der Waals surface area (Å²) in [7, 11) is 3.24. The highest BCUT2D eigenvalue weighted by atomic mass is 35.5. The van der Waals surface area contributed by atoms with Crippen LogP contribution < -0.4 is 9.47 Å². The van der Waals surface area contributed by atoms with Crippen LogP contribution in [0.2, 0.25) is 0 Å². The van der Waals surface area contributed by atoms with Gasteiger partial charge >= 0.3 is 0 Å². The summed E-state index contributed by atoms with van der Waals surface area (Å²) in [6.45, 7) is 0. The lowest BCUT2D eigenvalue weighted by Crippen LogP contribution is -1.91. The number of benzene rings is 1. The number of ether oxygens (including phenoxy) is 2. The van der Waals surface area contributed by atoms with E-state index in [4.69, 9.17) is 21.1 Å². The van der Waals surface area contributed by atoms with E-state index in [0.717, 1.165) is 23.5 Å². The molecule has 0 bridgehead atoms. The van der Waals surface area contributed by atoms with Crippen LogP contribution in [0, 0.1) is 0 Å². The van der Waals surface area contributed by atoms with Gasteiger partial charge in [0, 0.05) is 17.9 Å². The third kappa shape index (κ3) is 2.59. The van der Waals surface area contributed by atoms with Crippen molar-refractivity contribution in [1.29, 1.82) is 0 Å². The molecule has 1 heterocycles. The second kappa shape index (κ2) is 5.78. The van der Waals surface area contributed by atoms with Gasteiger partial charge in [-0.2, -0.15) is 0 Å². The van der Waals surface area contributed by atoms with Gasteiger partial charge in [0.2, 0.25) is 0 Å². The monoisotopic (exact) mass is 266 g/mol. The molecule has 0 saturated heterocycles. The molecule has 96 valence electrons. The van der Waals surface area contributed by atoms with Crippen molar-refractivity contribution in [3.63, 3.8) is 0 Å². The zero-order valence-corrected chi connectivity index (χ0v) is 11.1. The second-order valence-corrected chi connectivity index (χ2v) is 4.13. The van der Waals surface area contributed by atoms with Crippen LogP contribution in [0.15, 0.2) is 24.4 Å². The second-order valence-electron chi connectivity index (χ2n) is 3.75. The van der Waals surface area contributed by atoms with E-state index in [9.17, 15) is 0 Å². The summed E-state index contributed by atoms with van der Waals surface area (Å²) in [4.78, 5) is 7.50. The summed E-state index contributed by atoms with van der Waals surface area (Å²) in [6, 6.07) is 5.74. The van der Waals surface area contributed by atoms with Crippen molar-refractivity contribution in [2.45, 2.75) is 6.42 Å². The first-order chi connectivity index (χ1) is 8.78. The molecule has 0 saturated carbocycles. The number of nitrogens with one attached hydrogen (secondary N) is 1. The molecule has 0 atom stereocenters. The van der Waals surface area contributed by atoms with E-state index in [1.54, 1.807) is 20.4 Å². The average molecular weight is 267 g/mol. The molecule has 0 aliphatic carbocycles. The van der Waals surface area contributed by atoms with Gasteiger partial charge in [0.25, 0.3) is 0 Å². The Kier molecular flexibility index (Phi) is 4.10. The minimum atomic E-state index is 0.554. The standard InChI is InChI=1S/C13H15ClN2O2/c1-17-11-4-3-9(7-12(11)18-2)10-8-15-13(16-10)5-6-14/h3-4,7-8H,5-6H2,1-2H3,(H,15,16). The number of methoxy groups -OCH3 is 2. The molecule has 0 radical (unpaired) electrons. The molecule has 0 aliphatic rings. The molecule has 18 heavy (non-hydrogen) atoms.